The Labute approximate surface area is 252 Å². The number of anilines is 1. The lowest BCUT2D eigenvalue weighted by Crippen LogP contribution is -2.53. The lowest BCUT2D eigenvalue weighted by Gasteiger charge is -2.22. The van der Waals surface area contributed by atoms with Gasteiger partial charge in [0.05, 0.1) is 4.92 Å². The van der Waals surface area contributed by atoms with Gasteiger partial charge >= 0.3 is 12.2 Å². The maximum absolute atomic E-state index is 13.2. The van der Waals surface area contributed by atoms with Gasteiger partial charge < -0.3 is 36.3 Å². The summed E-state index contributed by atoms with van der Waals surface area (Å²) in [5, 5.41) is 27.6. The van der Waals surface area contributed by atoms with E-state index in [4.69, 9.17) is 15.2 Å². The topological polar surface area (TPSA) is 212 Å². The first-order valence-corrected chi connectivity index (χ1v) is 13.7. The maximum atomic E-state index is 13.2. The molecule has 0 unspecified atom stereocenters. The van der Waals surface area contributed by atoms with Crippen molar-refractivity contribution in [2.24, 2.45) is 5.73 Å². The highest BCUT2D eigenvalue weighted by Gasteiger charge is 2.27. The largest absolute Gasteiger partial charge is 0.514 e. The van der Waals surface area contributed by atoms with Gasteiger partial charge in [-0.1, -0.05) is 42.5 Å². The van der Waals surface area contributed by atoms with Crippen LogP contribution >= 0.6 is 0 Å². The number of non-ortho nitro benzene ring substituents is 1. The van der Waals surface area contributed by atoms with Crippen molar-refractivity contribution in [2.45, 2.75) is 44.4 Å². The Bertz CT molecular complexity index is 1420. The summed E-state index contributed by atoms with van der Waals surface area (Å²) in [6.07, 6.45) is -0.813. The van der Waals surface area contributed by atoms with Gasteiger partial charge in [0.1, 0.15) is 24.4 Å². The highest BCUT2D eigenvalue weighted by molar-refractivity contribution is 5.98. The van der Waals surface area contributed by atoms with Gasteiger partial charge in [-0.15, -0.1) is 0 Å². The predicted octanol–water partition coefficient (Wildman–Crippen LogP) is 3.74. The quantitative estimate of drug-likeness (QED) is 0.0555. The Hall–Kier alpha value is -5.50. The van der Waals surface area contributed by atoms with Crippen molar-refractivity contribution in [2.75, 3.05) is 11.9 Å². The zero-order valence-corrected chi connectivity index (χ0v) is 23.6. The van der Waals surface area contributed by atoms with Gasteiger partial charge in [-0.2, -0.15) is 0 Å². The second-order valence-electron chi connectivity index (χ2n) is 9.62. The van der Waals surface area contributed by atoms with Crippen LogP contribution in [0.25, 0.3) is 0 Å². The van der Waals surface area contributed by atoms with Gasteiger partial charge in [0, 0.05) is 24.2 Å². The van der Waals surface area contributed by atoms with Crippen LogP contribution in [0.4, 0.5) is 21.0 Å². The van der Waals surface area contributed by atoms with Crippen molar-refractivity contribution >= 4 is 35.4 Å². The number of carbonyl (C=O) groups excluding carboxylic acids is 3. The molecule has 0 aliphatic carbocycles. The Morgan fingerprint density at radius 3 is 2.14 bits per heavy atom. The zero-order valence-electron chi connectivity index (χ0n) is 23.6. The first-order valence-electron chi connectivity index (χ1n) is 13.7. The number of nitrogens with one attached hydrogen (secondary N) is 3. The molecule has 0 bridgehead atoms. The van der Waals surface area contributed by atoms with Crippen LogP contribution in [0.2, 0.25) is 0 Å². The third-order valence-corrected chi connectivity index (χ3v) is 6.30. The first-order chi connectivity index (χ1) is 21.1. The van der Waals surface area contributed by atoms with E-state index in [0.717, 1.165) is 5.56 Å². The molecule has 0 aliphatic heterocycles. The summed E-state index contributed by atoms with van der Waals surface area (Å²) < 4.78 is 10.1. The van der Waals surface area contributed by atoms with Gasteiger partial charge in [-0.3, -0.25) is 19.7 Å². The van der Waals surface area contributed by atoms with Gasteiger partial charge in [-0.05, 0) is 61.2 Å². The fraction of sp³-hybridized carbons (Fsp3) is 0.267. The highest BCUT2D eigenvalue weighted by atomic mass is 16.7. The van der Waals surface area contributed by atoms with Crippen LogP contribution in [0.1, 0.15) is 30.4 Å². The Kier molecular flexibility index (Phi) is 12.6. The molecule has 6 N–H and O–H groups in total. The Morgan fingerprint density at radius 1 is 0.841 bits per heavy atom. The molecule has 232 valence electrons. The second kappa shape index (κ2) is 16.8. The molecule has 2 atom stereocenters. The molecule has 3 rings (SSSR count). The van der Waals surface area contributed by atoms with E-state index in [1.807, 2.05) is 0 Å². The third-order valence-electron chi connectivity index (χ3n) is 6.30. The van der Waals surface area contributed by atoms with Crippen molar-refractivity contribution in [1.29, 1.82) is 0 Å². The highest BCUT2D eigenvalue weighted by Crippen LogP contribution is 2.18. The normalized spacial score (nSPS) is 11.8. The SMILES string of the molecule is NCCCC[C@@H](NC(=O)[C@H](Cc1ccccc1)NC(=O)O)C(=O)Nc1ccc(COC(=O)Oc2ccc([N+](=O)[O-])cc2)cc1. The molecular weight excluding hydrogens is 574 g/mol. The monoisotopic (exact) mass is 607 g/mol. The van der Waals surface area contributed by atoms with E-state index in [-0.39, 0.29) is 30.9 Å². The number of rotatable bonds is 15. The van der Waals surface area contributed by atoms with Crippen molar-refractivity contribution in [3.8, 4) is 5.75 Å². The van der Waals surface area contributed by atoms with E-state index in [9.17, 15) is 34.4 Å². The lowest BCUT2D eigenvalue weighted by atomic mass is 10.0. The maximum Gasteiger partial charge on any atom is 0.514 e. The molecule has 0 saturated heterocycles. The molecule has 0 spiro atoms. The summed E-state index contributed by atoms with van der Waals surface area (Å²) in [5.74, 6) is -1.06. The minimum Gasteiger partial charge on any atom is -0.465 e. The summed E-state index contributed by atoms with van der Waals surface area (Å²) >= 11 is 0. The summed E-state index contributed by atoms with van der Waals surface area (Å²) in [6.45, 7) is 0.266. The van der Waals surface area contributed by atoms with E-state index >= 15 is 0 Å². The molecular formula is C30H33N5O9. The number of nitrogens with zero attached hydrogens (tertiary/aromatic N) is 1. The molecule has 0 radical (unpaired) electrons. The standard InChI is InChI=1S/C30H33N5O9/c31-17-5-4-8-25(33-28(37)26(34-29(38)39)18-20-6-2-1-3-7-20)27(36)32-22-11-9-21(10-12-22)19-43-30(40)44-24-15-13-23(14-16-24)35(41)42/h1-3,6-7,9-16,25-26,34H,4-5,8,17-19,31H2,(H,32,36)(H,33,37)(H,38,39)/t25-,26+/m1/s1. The number of ether oxygens (including phenoxy) is 2. The molecule has 14 heteroatoms. The predicted molar refractivity (Wildman–Crippen MR) is 159 cm³/mol. The molecule has 3 aromatic rings. The van der Waals surface area contributed by atoms with Crippen molar-refractivity contribution < 1.29 is 38.7 Å². The third kappa shape index (κ3) is 11.1. The molecule has 0 heterocycles. The fourth-order valence-corrected chi connectivity index (χ4v) is 4.06. The van der Waals surface area contributed by atoms with Crippen LogP contribution in [0, 0.1) is 10.1 Å². The smallest absolute Gasteiger partial charge is 0.465 e. The van der Waals surface area contributed by atoms with Crippen molar-refractivity contribution in [1.82, 2.24) is 10.6 Å². The number of amides is 3. The van der Waals surface area contributed by atoms with Crippen molar-refractivity contribution in [3.63, 3.8) is 0 Å². The van der Waals surface area contributed by atoms with Crippen LogP contribution in [0.5, 0.6) is 5.75 Å². The Balaban J connectivity index is 1.57. The van der Waals surface area contributed by atoms with Crippen LogP contribution in [0.15, 0.2) is 78.9 Å². The van der Waals surface area contributed by atoms with E-state index in [2.05, 4.69) is 16.0 Å². The van der Waals surface area contributed by atoms with Gasteiger partial charge in [0.25, 0.3) is 5.69 Å². The summed E-state index contributed by atoms with van der Waals surface area (Å²) in [7, 11) is 0. The number of nitrogens with two attached hydrogens (primary N) is 1. The number of carboxylic acid groups (broad SMARTS) is 1. The summed E-state index contributed by atoms with van der Waals surface area (Å²) in [5.41, 5.74) is 7.18. The number of carbonyl (C=O) groups is 4. The number of hydrogen-bond donors (Lipinski definition) is 5. The van der Waals surface area contributed by atoms with Crippen LogP contribution in [-0.4, -0.2) is 52.7 Å². The number of nitro groups is 1. The first kappa shape index (κ1) is 33.0. The van der Waals surface area contributed by atoms with E-state index < -0.39 is 41.1 Å². The molecule has 0 aliphatic rings. The minimum atomic E-state index is -1.37. The number of unbranched alkanes of at least 4 members (excludes halogenated alkanes) is 1. The fourth-order valence-electron chi connectivity index (χ4n) is 4.06. The number of nitro benzene ring substituents is 1. The number of hydrogen-bond acceptors (Lipinski definition) is 9. The van der Waals surface area contributed by atoms with Gasteiger partial charge in [0.15, 0.2) is 0 Å². The molecule has 44 heavy (non-hydrogen) atoms. The van der Waals surface area contributed by atoms with E-state index in [1.165, 1.54) is 24.3 Å². The molecule has 0 fully saturated rings. The Morgan fingerprint density at radius 2 is 1.52 bits per heavy atom. The average Bonchev–Trinajstić information content (AvgIpc) is 3.00. The summed E-state index contributed by atoms with van der Waals surface area (Å²) in [6, 6.07) is 18.2. The van der Waals surface area contributed by atoms with Crippen LogP contribution < -0.4 is 26.4 Å². The lowest BCUT2D eigenvalue weighted by molar-refractivity contribution is -0.384. The molecule has 14 nitrogen and oxygen atoms in total. The summed E-state index contributed by atoms with van der Waals surface area (Å²) in [4.78, 5) is 59.7. The average molecular weight is 608 g/mol. The number of benzene rings is 3. The second-order valence-corrected chi connectivity index (χ2v) is 9.62. The molecule has 3 amide bonds. The van der Waals surface area contributed by atoms with Crippen molar-refractivity contribution in [3.05, 3.63) is 100 Å². The van der Waals surface area contributed by atoms with E-state index in [1.54, 1.807) is 54.6 Å². The van der Waals surface area contributed by atoms with E-state index in [0.29, 0.717) is 30.6 Å². The molecule has 0 aromatic heterocycles. The van der Waals surface area contributed by atoms with Crippen LogP contribution in [0.3, 0.4) is 0 Å². The van der Waals surface area contributed by atoms with Crippen LogP contribution in [-0.2, 0) is 27.4 Å². The van der Waals surface area contributed by atoms with Gasteiger partial charge in [0.2, 0.25) is 11.8 Å². The molecule has 0 saturated carbocycles. The zero-order chi connectivity index (χ0) is 31.9. The minimum absolute atomic E-state index is 0.0805. The molecule has 3 aromatic carbocycles. The van der Waals surface area contributed by atoms with Gasteiger partial charge in [-0.25, -0.2) is 9.59 Å².